The van der Waals surface area contributed by atoms with Crippen molar-refractivity contribution >= 4 is 12.0 Å². The molecule has 0 N–H and O–H groups in total. The Morgan fingerprint density at radius 1 is 1.42 bits per heavy atom. The summed E-state index contributed by atoms with van der Waals surface area (Å²) in [7, 11) is 1.73. The van der Waals surface area contributed by atoms with Crippen LogP contribution in [0.25, 0.3) is 0 Å². The Morgan fingerprint density at radius 3 is 2.75 bits per heavy atom. The second-order valence-electron chi connectivity index (χ2n) is 2.97. The predicted octanol–water partition coefficient (Wildman–Crippen LogP) is 1.82. The Bertz CT molecular complexity index is 131. The van der Waals surface area contributed by atoms with E-state index in [2.05, 4.69) is 0 Å². The zero-order chi connectivity index (χ0) is 8.97. The highest BCUT2D eigenvalue weighted by Gasteiger charge is 2.27. The van der Waals surface area contributed by atoms with Crippen LogP contribution in [0.2, 0.25) is 0 Å². The smallest absolute Gasteiger partial charge is 0.173 e. The van der Waals surface area contributed by atoms with E-state index in [1.807, 2.05) is 13.2 Å². The molecule has 0 aliphatic carbocycles. The van der Waals surface area contributed by atoms with Crippen molar-refractivity contribution in [2.75, 3.05) is 13.4 Å². The number of hydrogen-bond donors (Lipinski definition) is 0. The van der Waals surface area contributed by atoms with E-state index in [9.17, 15) is 0 Å². The van der Waals surface area contributed by atoms with Gasteiger partial charge in [0.15, 0.2) is 6.29 Å². The minimum atomic E-state index is -0.103. The van der Waals surface area contributed by atoms with E-state index in [-0.39, 0.29) is 18.5 Å². The summed E-state index contributed by atoms with van der Waals surface area (Å²) in [6, 6.07) is 0. The molecule has 0 radical (unpaired) electrons. The Hall–Kier alpha value is 0.230. The van der Waals surface area contributed by atoms with Crippen LogP contribution in [-0.4, -0.2) is 31.9 Å². The van der Waals surface area contributed by atoms with Crippen LogP contribution in [0.5, 0.6) is 0 Å². The standard InChI is InChI=1S/C8H16O3S/c1-6-4-7(9-2)5-8(10-6)11-12-3/h6-8H,4-5H2,1-3H3/t6-,7+,8+/m0/s1. The number of hydrogen-bond acceptors (Lipinski definition) is 4. The van der Waals surface area contributed by atoms with Gasteiger partial charge in [0.2, 0.25) is 0 Å². The van der Waals surface area contributed by atoms with E-state index < -0.39 is 0 Å². The first kappa shape index (κ1) is 10.3. The first-order chi connectivity index (χ1) is 5.76. The summed E-state index contributed by atoms with van der Waals surface area (Å²) in [6.45, 7) is 2.04. The molecule has 0 unspecified atom stereocenters. The van der Waals surface area contributed by atoms with Crippen molar-refractivity contribution in [2.45, 2.75) is 38.3 Å². The lowest BCUT2D eigenvalue weighted by Crippen LogP contribution is -2.35. The first-order valence-corrected chi connectivity index (χ1v) is 5.29. The van der Waals surface area contributed by atoms with E-state index in [0.29, 0.717) is 0 Å². The van der Waals surface area contributed by atoms with Gasteiger partial charge in [-0.05, 0) is 25.4 Å². The molecule has 0 saturated carbocycles. The topological polar surface area (TPSA) is 27.7 Å². The van der Waals surface area contributed by atoms with Crippen molar-refractivity contribution in [3.63, 3.8) is 0 Å². The molecule has 12 heavy (non-hydrogen) atoms. The molecule has 1 fully saturated rings. The normalized spacial score (nSPS) is 36.8. The maximum absolute atomic E-state index is 5.54. The summed E-state index contributed by atoms with van der Waals surface area (Å²) in [5.74, 6) is 0. The lowest BCUT2D eigenvalue weighted by Gasteiger charge is -2.31. The minimum absolute atomic E-state index is 0.103. The van der Waals surface area contributed by atoms with Crippen LogP contribution in [0, 0.1) is 0 Å². The average Bonchev–Trinajstić information content (AvgIpc) is 2.04. The predicted molar refractivity (Wildman–Crippen MR) is 49.0 cm³/mol. The van der Waals surface area contributed by atoms with Gasteiger partial charge < -0.3 is 9.47 Å². The third kappa shape index (κ3) is 2.94. The molecule has 1 rings (SSSR count). The fourth-order valence-electron chi connectivity index (χ4n) is 1.41. The van der Waals surface area contributed by atoms with Gasteiger partial charge in [-0.2, -0.15) is 0 Å². The average molecular weight is 192 g/mol. The molecule has 3 nitrogen and oxygen atoms in total. The molecule has 0 bridgehead atoms. The van der Waals surface area contributed by atoms with Gasteiger partial charge in [-0.25, -0.2) is 0 Å². The van der Waals surface area contributed by atoms with Gasteiger partial charge in [0, 0.05) is 19.8 Å². The van der Waals surface area contributed by atoms with Crippen molar-refractivity contribution in [3.8, 4) is 0 Å². The van der Waals surface area contributed by atoms with Crippen LogP contribution in [0.4, 0.5) is 0 Å². The maximum atomic E-state index is 5.54. The fraction of sp³-hybridized carbons (Fsp3) is 1.00. The first-order valence-electron chi connectivity index (χ1n) is 4.14. The zero-order valence-electron chi connectivity index (χ0n) is 7.78. The number of rotatable bonds is 3. The molecule has 1 aliphatic heterocycles. The SMILES string of the molecule is CO[C@H]1C[C@@H](OSC)O[C@@H](C)C1. The zero-order valence-corrected chi connectivity index (χ0v) is 8.60. The third-order valence-corrected chi connectivity index (χ3v) is 2.38. The molecule has 0 aromatic rings. The molecule has 1 aliphatic rings. The van der Waals surface area contributed by atoms with Crippen molar-refractivity contribution < 1.29 is 13.7 Å². The lowest BCUT2D eigenvalue weighted by molar-refractivity contribution is -0.169. The summed E-state index contributed by atoms with van der Waals surface area (Å²) in [6.07, 6.45) is 4.11. The molecule has 1 heterocycles. The van der Waals surface area contributed by atoms with Crippen LogP contribution >= 0.6 is 12.0 Å². The second kappa shape index (κ2) is 5.07. The molecular weight excluding hydrogens is 176 g/mol. The molecule has 0 aromatic heterocycles. The third-order valence-electron chi connectivity index (χ3n) is 1.97. The molecule has 0 spiro atoms. The van der Waals surface area contributed by atoms with Crippen LogP contribution in [0.3, 0.4) is 0 Å². The lowest BCUT2D eigenvalue weighted by atomic mass is 10.1. The minimum Gasteiger partial charge on any atom is -0.381 e. The number of ether oxygens (including phenoxy) is 2. The van der Waals surface area contributed by atoms with Crippen molar-refractivity contribution in [3.05, 3.63) is 0 Å². The van der Waals surface area contributed by atoms with Crippen LogP contribution < -0.4 is 0 Å². The van der Waals surface area contributed by atoms with Gasteiger partial charge in [-0.3, -0.25) is 4.18 Å². The molecule has 4 heteroatoms. The second-order valence-corrected chi connectivity index (χ2v) is 3.49. The van der Waals surface area contributed by atoms with Crippen molar-refractivity contribution in [2.24, 2.45) is 0 Å². The summed E-state index contributed by atoms with van der Waals surface area (Å²) >= 11 is 1.34. The Kier molecular flexibility index (Phi) is 4.35. The molecular formula is C8H16O3S. The summed E-state index contributed by atoms with van der Waals surface area (Å²) in [4.78, 5) is 0. The Labute approximate surface area is 78.0 Å². The van der Waals surface area contributed by atoms with Gasteiger partial charge in [-0.1, -0.05) is 0 Å². The fourth-order valence-corrected chi connectivity index (χ4v) is 1.75. The highest BCUT2D eigenvalue weighted by atomic mass is 32.2. The van der Waals surface area contributed by atoms with E-state index >= 15 is 0 Å². The summed E-state index contributed by atoms with van der Waals surface area (Å²) in [5, 5.41) is 0. The highest BCUT2D eigenvalue weighted by Crippen LogP contribution is 2.24. The molecule has 3 atom stereocenters. The van der Waals surface area contributed by atoms with Crippen molar-refractivity contribution in [1.29, 1.82) is 0 Å². The molecule has 1 saturated heterocycles. The van der Waals surface area contributed by atoms with Gasteiger partial charge in [0.1, 0.15) is 0 Å². The van der Waals surface area contributed by atoms with Crippen molar-refractivity contribution in [1.82, 2.24) is 0 Å². The Balaban J connectivity index is 2.34. The van der Waals surface area contributed by atoms with Gasteiger partial charge in [0.25, 0.3) is 0 Å². The Morgan fingerprint density at radius 2 is 2.17 bits per heavy atom. The molecule has 0 aromatic carbocycles. The van der Waals surface area contributed by atoms with E-state index in [0.717, 1.165) is 12.8 Å². The van der Waals surface area contributed by atoms with Gasteiger partial charge >= 0.3 is 0 Å². The van der Waals surface area contributed by atoms with E-state index in [1.54, 1.807) is 7.11 Å². The monoisotopic (exact) mass is 192 g/mol. The van der Waals surface area contributed by atoms with E-state index in [4.69, 9.17) is 13.7 Å². The number of methoxy groups -OCH3 is 1. The molecule has 0 amide bonds. The largest absolute Gasteiger partial charge is 0.381 e. The highest BCUT2D eigenvalue weighted by molar-refractivity contribution is 7.93. The van der Waals surface area contributed by atoms with Crippen LogP contribution in [-0.2, 0) is 13.7 Å². The summed E-state index contributed by atoms with van der Waals surface area (Å²) < 4.78 is 16.1. The quantitative estimate of drug-likeness (QED) is 0.637. The van der Waals surface area contributed by atoms with Crippen LogP contribution in [0.1, 0.15) is 19.8 Å². The molecule has 72 valence electrons. The maximum Gasteiger partial charge on any atom is 0.173 e. The van der Waals surface area contributed by atoms with E-state index in [1.165, 1.54) is 12.0 Å². The van der Waals surface area contributed by atoms with Crippen LogP contribution in [0.15, 0.2) is 0 Å². The summed E-state index contributed by atoms with van der Waals surface area (Å²) in [5.41, 5.74) is 0. The van der Waals surface area contributed by atoms with Gasteiger partial charge in [0.05, 0.1) is 12.2 Å². The van der Waals surface area contributed by atoms with Gasteiger partial charge in [-0.15, -0.1) is 0 Å².